The number of benzene rings is 1. The van der Waals surface area contributed by atoms with Gasteiger partial charge in [0.15, 0.2) is 5.78 Å². The van der Waals surface area contributed by atoms with Gasteiger partial charge in [-0.2, -0.15) is 0 Å². The first kappa shape index (κ1) is 14.2. The standard InChI is InChI=1S/C14H14N2O3S/c1-10(17)13-8-11(16(18)19)5-6-14(13)15(2)9-12-4-3-7-20-12/h3-8H,9H2,1-2H3. The highest BCUT2D eigenvalue weighted by Crippen LogP contribution is 2.27. The zero-order chi connectivity index (χ0) is 14.7. The van der Waals surface area contributed by atoms with E-state index in [4.69, 9.17) is 0 Å². The number of hydrogen-bond donors (Lipinski definition) is 0. The molecule has 0 atom stereocenters. The first-order chi connectivity index (χ1) is 9.49. The molecule has 0 N–H and O–H groups in total. The molecule has 0 saturated heterocycles. The second kappa shape index (κ2) is 5.83. The van der Waals surface area contributed by atoms with Crippen LogP contribution in [0.4, 0.5) is 11.4 Å². The molecule has 6 heteroatoms. The van der Waals surface area contributed by atoms with Crippen molar-refractivity contribution >= 4 is 28.5 Å². The van der Waals surface area contributed by atoms with Gasteiger partial charge in [0.1, 0.15) is 0 Å². The Balaban J connectivity index is 2.35. The van der Waals surface area contributed by atoms with E-state index in [1.165, 1.54) is 23.9 Å². The van der Waals surface area contributed by atoms with Crippen LogP contribution in [0.15, 0.2) is 35.7 Å². The van der Waals surface area contributed by atoms with Gasteiger partial charge in [-0.25, -0.2) is 0 Å². The molecule has 0 fully saturated rings. The molecule has 20 heavy (non-hydrogen) atoms. The monoisotopic (exact) mass is 290 g/mol. The Kier molecular flexibility index (Phi) is 4.14. The van der Waals surface area contributed by atoms with Crippen LogP contribution in [0.25, 0.3) is 0 Å². The SMILES string of the molecule is CC(=O)c1cc([N+](=O)[O-])ccc1N(C)Cc1cccs1. The Morgan fingerprint density at radius 3 is 2.70 bits per heavy atom. The quantitative estimate of drug-likeness (QED) is 0.480. The topological polar surface area (TPSA) is 63.4 Å². The van der Waals surface area contributed by atoms with Gasteiger partial charge in [-0.15, -0.1) is 11.3 Å². The minimum Gasteiger partial charge on any atom is -0.369 e. The lowest BCUT2D eigenvalue weighted by Crippen LogP contribution is -2.18. The van der Waals surface area contributed by atoms with Crippen LogP contribution in [-0.2, 0) is 6.54 Å². The number of anilines is 1. The van der Waals surface area contributed by atoms with Gasteiger partial charge >= 0.3 is 0 Å². The number of Topliss-reactive ketones (excluding diaryl/α,β-unsaturated/α-hetero) is 1. The van der Waals surface area contributed by atoms with Crippen molar-refractivity contribution in [2.24, 2.45) is 0 Å². The molecule has 0 saturated carbocycles. The first-order valence-electron chi connectivity index (χ1n) is 6.02. The molecule has 0 aliphatic rings. The summed E-state index contributed by atoms with van der Waals surface area (Å²) < 4.78 is 0. The van der Waals surface area contributed by atoms with Crippen molar-refractivity contribution in [3.63, 3.8) is 0 Å². The lowest BCUT2D eigenvalue weighted by molar-refractivity contribution is -0.384. The van der Waals surface area contributed by atoms with Crippen molar-refractivity contribution in [3.05, 3.63) is 56.3 Å². The Hall–Kier alpha value is -2.21. The van der Waals surface area contributed by atoms with Gasteiger partial charge in [0.2, 0.25) is 0 Å². The molecule has 0 radical (unpaired) electrons. The minimum atomic E-state index is -0.491. The van der Waals surface area contributed by atoms with Crippen LogP contribution < -0.4 is 4.90 Å². The summed E-state index contributed by atoms with van der Waals surface area (Å²) in [5, 5.41) is 12.8. The largest absolute Gasteiger partial charge is 0.369 e. The van der Waals surface area contributed by atoms with Gasteiger partial charge in [0, 0.05) is 35.3 Å². The van der Waals surface area contributed by atoms with Crippen LogP contribution in [0.1, 0.15) is 22.2 Å². The normalized spacial score (nSPS) is 10.3. The van der Waals surface area contributed by atoms with Gasteiger partial charge < -0.3 is 4.90 Å². The zero-order valence-electron chi connectivity index (χ0n) is 11.2. The number of carbonyl (C=O) groups is 1. The van der Waals surface area contributed by atoms with Crippen LogP contribution in [0, 0.1) is 10.1 Å². The molecule has 2 rings (SSSR count). The smallest absolute Gasteiger partial charge is 0.270 e. The van der Waals surface area contributed by atoms with Gasteiger partial charge in [-0.05, 0) is 24.4 Å². The van der Waals surface area contributed by atoms with Crippen molar-refractivity contribution in [3.8, 4) is 0 Å². The summed E-state index contributed by atoms with van der Waals surface area (Å²) in [5.41, 5.74) is 1.01. The third kappa shape index (κ3) is 3.03. The molecule has 0 aliphatic carbocycles. The maximum Gasteiger partial charge on any atom is 0.270 e. The van der Waals surface area contributed by atoms with E-state index in [9.17, 15) is 14.9 Å². The van der Waals surface area contributed by atoms with Crippen molar-refractivity contribution < 1.29 is 9.72 Å². The predicted octanol–water partition coefficient (Wildman–Crippen LogP) is 3.50. The molecule has 0 aliphatic heterocycles. The third-order valence-electron chi connectivity index (χ3n) is 2.95. The minimum absolute atomic E-state index is 0.0662. The molecule has 2 aromatic rings. The highest BCUT2D eigenvalue weighted by Gasteiger charge is 2.16. The van der Waals surface area contributed by atoms with Gasteiger partial charge in [0.05, 0.1) is 11.5 Å². The van der Waals surface area contributed by atoms with E-state index in [1.54, 1.807) is 17.4 Å². The molecule has 104 valence electrons. The van der Waals surface area contributed by atoms with Gasteiger partial charge in [-0.1, -0.05) is 6.07 Å². The Morgan fingerprint density at radius 2 is 2.15 bits per heavy atom. The Bertz CT molecular complexity index is 638. The molecular formula is C14H14N2O3S. The summed E-state index contributed by atoms with van der Waals surface area (Å²) in [5.74, 6) is -0.179. The fraction of sp³-hybridized carbons (Fsp3) is 0.214. The van der Waals surface area contributed by atoms with E-state index in [2.05, 4.69) is 0 Å². The summed E-state index contributed by atoms with van der Waals surface area (Å²) in [7, 11) is 1.87. The molecule has 5 nitrogen and oxygen atoms in total. The number of nitro groups is 1. The van der Waals surface area contributed by atoms with E-state index in [0.29, 0.717) is 17.8 Å². The number of carbonyl (C=O) groups excluding carboxylic acids is 1. The van der Waals surface area contributed by atoms with Crippen LogP contribution in [0.5, 0.6) is 0 Å². The summed E-state index contributed by atoms with van der Waals surface area (Å²) >= 11 is 1.63. The van der Waals surface area contributed by atoms with Crippen LogP contribution in [-0.4, -0.2) is 17.8 Å². The summed E-state index contributed by atoms with van der Waals surface area (Å²) in [6.07, 6.45) is 0. The van der Waals surface area contributed by atoms with E-state index in [1.807, 2.05) is 29.5 Å². The average Bonchev–Trinajstić information content (AvgIpc) is 2.90. The first-order valence-corrected chi connectivity index (χ1v) is 6.90. The lowest BCUT2D eigenvalue weighted by Gasteiger charge is -2.20. The van der Waals surface area contributed by atoms with Gasteiger partial charge in [0.25, 0.3) is 5.69 Å². The average molecular weight is 290 g/mol. The third-order valence-corrected chi connectivity index (χ3v) is 3.82. The fourth-order valence-electron chi connectivity index (χ4n) is 1.97. The van der Waals surface area contributed by atoms with E-state index < -0.39 is 4.92 Å². The van der Waals surface area contributed by atoms with Crippen molar-refractivity contribution in [2.75, 3.05) is 11.9 Å². The van der Waals surface area contributed by atoms with E-state index in [0.717, 1.165) is 0 Å². The number of nitro benzene ring substituents is 1. The lowest BCUT2D eigenvalue weighted by atomic mass is 10.1. The maximum atomic E-state index is 11.7. The van der Waals surface area contributed by atoms with E-state index >= 15 is 0 Å². The molecule has 1 aromatic heterocycles. The highest BCUT2D eigenvalue weighted by molar-refractivity contribution is 7.09. The van der Waals surface area contributed by atoms with Gasteiger partial charge in [-0.3, -0.25) is 14.9 Å². The highest BCUT2D eigenvalue weighted by atomic mass is 32.1. The van der Waals surface area contributed by atoms with Crippen LogP contribution >= 0.6 is 11.3 Å². The maximum absolute atomic E-state index is 11.7. The van der Waals surface area contributed by atoms with Crippen LogP contribution in [0.3, 0.4) is 0 Å². The number of ketones is 1. The number of rotatable bonds is 5. The molecule has 0 bridgehead atoms. The predicted molar refractivity (Wildman–Crippen MR) is 79.5 cm³/mol. The van der Waals surface area contributed by atoms with Crippen molar-refractivity contribution in [1.29, 1.82) is 0 Å². The molecule has 1 aromatic carbocycles. The fourth-order valence-corrected chi connectivity index (χ4v) is 2.73. The number of hydrogen-bond acceptors (Lipinski definition) is 5. The number of nitrogens with zero attached hydrogens (tertiary/aromatic N) is 2. The Morgan fingerprint density at radius 1 is 1.40 bits per heavy atom. The summed E-state index contributed by atoms with van der Waals surface area (Å²) in [6, 6.07) is 8.37. The summed E-state index contributed by atoms with van der Waals surface area (Å²) in [4.78, 5) is 25.1. The molecule has 0 unspecified atom stereocenters. The molecule has 0 amide bonds. The number of non-ortho nitro benzene ring substituents is 1. The second-order valence-electron chi connectivity index (χ2n) is 4.45. The van der Waals surface area contributed by atoms with Crippen molar-refractivity contribution in [1.82, 2.24) is 0 Å². The molecular weight excluding hydrogens is 276 g/mol. The molecule has 1 heterocycles. The summed E-state index contributed by atoms with van der Waals surface area (Å²) in [6.45, 7) is 2.08. The van der Waals surface area contributed by atoms with E-state index in [-0.39, 0.29) is 11.5 Å². The molecule has 0 spiro atoms. The Labute approximate surface area is 120 Å². The number of thiophene rings is 1. The second-order valence-corrected chi connectivity index (χ2v) is 5.48. The van der Waals surface area contributed by atoms with Crippen molar-refractivity contribution in [2.45, 2.75) is 13.5 Å². The zero-order valence-corrected chi connectivity index (χ0v) is 12.0. The van der Waals surface area contributed by atoms with Crippen LogP contribution in [0.2, 0.25) is 0 Å².